The van der Waals surface area contributed by atoms with Gasteiger partial charge in [0.15, 0.2) is 7.14 Å². The molecule has 2 heteroatoms. The fraction of sp³-hybridized carbons (Fsp3) is 0.132. The van der Waals surface area contributed by atoms with Gasteiger partial charge in [-0.3, -0.25) is 0 Å². The van der Waals surface area contributed by atoms with Gasteiger partial charge in [0, 0.05) is 22.4 Å². The zero-order chi connectivity index (χ0) is 36.3. The third-order valence-corrected chi connectivity index (χ3v) is 16.8. The summed E-state index contributed by atoms with van der Waals surface area (Å²) in [6.45, 7) is 0. The number of hydrogen-bond donors (Lipinski definition) is 0. The quantitative estimate of drug-likeness (QED) is 0.165. The normalized spacial score (nSPS) is 23.2. The molecule has 0 aliphatic heterocycles. The summed E-state index contributed by atoms with van der Waals surface area (Å²) >= 11 is 0. The van der Waals surface area contributed by atoms with Gasteiger partial charge in [-0.2, -0.15) is 0 Å². The van der Waals surface area contributed by atoms with E-state index in [0.29, 0.717) is 0 Å². The predicted molar refractivity (Wildman–Crippen MR) is 230 cm³/mol. The maximum Gasteiger partial charge on any atom is 0.167 e. The van der Waals surface area contributed by atoms with E-state index in [-0.39, 0.29) is 17.3 Å². The van der Waals surface area contributed by atoms with E-state index < -0.39 is 7.14 Å². The highest BCUT2D eigenvalue weighted by Gasteiger charge is 2.59. The molecule has 0 heterocycles. The third kappa shape index (κ3) is 4.07. The molecular formula is C53H39OP. The lowest BCUT2D eigenvalue weighted by molar-refractivity contribution is 0.445. The monoisotopic (exact) mass is 722 g/mol. The Bertz CT molecular complexity index is 2890. The van der Waals surface area contributed by atoms with Crippen LogP contribution in [0.4, 0.5) is 0 Å². The minimum atomic E-state index is -2.99. The zero-order valence-corrected chi connectivity index (χ0v) is 31.5. The third-order valence-electron chi connectivity index (χ3n) is 13.6. The predicted octanol–water partition coefficient (Wildman–Crippen LogP) is 12.8. The van der Waals surface area contributed by atoms with Gasteiger partial charge in [-0.05, 0) is 115 Å². The number of hydrogen-bond acceptors (Lipinski definition) is 1. The first-order valence-electron chi connectivity index (χ1n) is 19.9. The molecule has 1 nitrogen and oxygen atoms in total. The van der Waals surface area contributed by atoms with E-state index in [1.165, 1.54) is 72.0 Å². The molecule has 0 amide bonds. The molecule has 6 aliphatic rings. The Balaban J connectivity index is 1.07. The van der Waals surface area contributed by atoms with Crippen molar-refractivity contribution in [3.63, 3.8) is 0 Å². The second-order valence-electron chi connectivity index (χ2n) is 16.0. The lowest BCUT2D eigenvalue weighted by atomic mass is 9.63. The van der Waals surface area contributed by atoms with Crippen LogP contribution in [0, 0.1) is 5.92 Å². The average Bonchev–Trinajstić information content (AvgIpc) is 3.87. The topological polar surface area (TPSA) is 17.1 Å². The lowest BCUT2D eigenvalue weighted by Crippen LogP contribution is -2.34. The van der Waals surface area contributed by atoms with E-state index in [0.717, 1.165) is 41.6 Å². The van der Waals surface area contributed by atoms with Gasteiger partial charge in [-0.15, -0.1) is 0 Å². The second kappa shape index (κ2) is 11.6. The molecule has 4 unspecified atom stereocenters. The standard InChI is InChI=1S/C53H39OP/c54-55(35-15-3-1-4-16-35,36-17-5-2-6-18-36)37-31-29-34(30-32-37)38-23-14-28-48-51(38)42-21-9-11-26-46(42)53(48)47-27-12-10-22-43(47)52-44-25-13-24-41-39-19-7-8-20-40(39)45(50(41)44)33-49(52)53/h1-5,7-13,15-17,19-27,29-33,43,47H,6,14,18,28H2. The first kappa shape index (κ1) is 31.6. The largest absolute Gasteiger partial charge is 0.309 e. The highest BCUT2D eigenvalue weighted by Crippen LogP contribution is 2.69. The van der Waals surface area contributed by atoms with E-state index >= 15 is 4.57 Å². The van der Waals surface area contributed by atoms with Gasteiger partial charge in [-0.25, -0.2) is 0 Å². The molecule has 12 rings (SSSR count). The van der Waals surface area contributed by atoms with Crippen molar-refractivity contribution in [2.75, 3.05) is 0 Å². The molecule has 6 aromatic carbocycles. The van der Waals surface area contributed by atoms with Crippen LogP contribution in [0.25, 0.3) is 44.2 Å². The fourth-order valence-corrected chi connectivity index (χ4v) is 14.4. The Hall–Kier alpha value is -5.75. The van der Waals surface area contributed by atoms with Crippen LogP contribution in [0.1, 0.15) is 59.4 Å². The highest BCUT2D eigenvalue weighted by atomic mass is 31.2. The van der Waals surface area contributed by atoms with Crippen LogP contribution in [0.3, 0.4) is 0 Å². The summed E-state index contributed by atoms with van der Waals surface area (Å²) in [6.07, 6.45) is 22.2. The van der Waals surface area contributed by atoms with Crippen LogP contribution < -0.4 is 10.6 Å². The molecule has 262 valence electrons. The van der Waals surface area contributed by atoms with E-state index in [4.69, 9.17) is 0 Å². The Morgan fingerprint density at radius 3 is 2.15 bits per heavy atom. The molecular weight excluding hydrogens is 684 g/mol. The van der Waals surface area contributed by atoms with Gasteiger partial charge in [0.1, 0.15) is 0 Å². The van der Waals surface area contributed by atoms with Crippen molar-refractivity contribution in [1.82, 2.24) is 0 Å². The maximum atomic E-state index is 15.3. The molecule has 0 bridgehead atoms. The Morgan fingerprint density at radius 2 is 1.33 bits per heavy atom. The molecule has 6 aliphatic carbocycles. The van der Waals surface area contributed by atoms with Crippen LogP contribution in [-0.4, -0.2) is 0 Å². The van der Waals surface area contributed by atoms with Crippen molar-refractivity contribution < 1.29 is 4.57 Å². The van der Waals surface area contributed by atoms with Gasteiger partial charge in [0.05, 0.1) is 5.41 Å². The molecule has 0 fully saturated rings. The summed E-state index contributed by atoms with van der Waals surface area (Å²) in [5.74, 6) is 0.576. The van der Waals surface area contributed by atoms with Gasteiger partial charge in [-0.1, -0.05) is 170 Å². The van der Waals surface area contributed by atoms with Gasteiger partial charge in [0.2, 0.25) is 0 Å². The summed E-state index contributed by atoms with van der Waals surface area (Å²) in [4.78, 5) is 0. The molecule has 1 spiro atoms. The molecule has 4 atom stereocenters. The van der Waals surface area contributed by atoms with E-state index in [2.05, 4.69) is 146 Å². The molecule has 55 heavy (non-hydrogen) atoms. The average molecular weight is 723 g/mol. The molecule has 0 aromatic heterocycles. The van der Waals surface area contributed by atoms with Crippen LogP contribution in [0.15, 0.2) is 187 Å². The van der Waals surface area contributed by atoms with Crippen LogP contribution >= 0.6 is 7.14 Å². The second-order valence-corrected chi connectivity index (χ2v) is 18.8. The number of benzene rings is 6. The van der Waals surface area contributed by atoms with Crippen molar-refractivity contribution in [2.45, 2.75) is 37.0 Å². The van der Waals surface area contributed by atoms with Crippen molar-refractivity contribution >= 4 is 39.7 Å². The highest BCUT2D eigenvalue weighted by molar-refractivity contribution is 7.82. The van der Waals surface area contributed by atoms with Gasteiger partial charge < -0.3 is 4.57 Å². The fourth-order valence-electron chi connectivity index (χ4n) is 11.5. The molecule has 0 N–H and O–H groups in total. The Labute approximate surface area is 322 Å². The first-order valence-corrected chi connectivity index (χ1v) is 21.6. The molecule has 0 saturated carbocycles. The minimum Gasteiger partial charge on any atom is -0.309 e. The van der Waals surface area contributed by atoms with Crippen molar-refractivity contribution in [3.8, 4) is 22.3 Å². The minimum absolute atomic E-state index is 0.269. The number of rotatable bonds is 4. The van der Waals surface area contributed by atoms with Crippen LogP contribution in [0.2, 0.25) is 0 Å². The Morgan fingerprint density at radius 1 is 0.600 bits per heavy atom. The van der Waals surface area contributed by atoms with Crippen molar-refractivity contribution in [3.05, 3.63) is 215 Å². The van der Waals surface area contributed by atoms with Crippen molar-refractivity contribution in [2.24, 2.45) is 5.92 Å². The number of fused-ring (bicyclic) bond motifs is 13. The van der Waals surface area contributed by atoms with E-state index in [1.807, 2.05) is 30.3 Å². The molecule has 6 aromatic rings. The smallest absolute Gasteiger partial charge is 0.167 e. The zero-order valence-electron chi connectivity index (χ0n) is 30.6. The summed E-state index contributed by atoms with van der Waals surface area (Å²) in [5, 5.41) is 5.69. The van der Waals surface area contributed by atoms with Crippen molar-refractivity contribution in [1.29, 1.82) is 0 Å². The van der Waals surface area contributed by atoms with Gasteiger partial charge >= 0.3 is 0 Å². The maximum absolute atomic E-state index is 15.3. The van der Waals surface area contributed by atoms with E-state index in [9.17, 15) is 0 Å². The lowest BCUT2D eigenvalue weighted by Gasteiger charge is -2.38. The van der Waals surface area contributed by atoms with Gasteiger partial charge in [0.25, 0.3) is 0 Å². The SMILES string of the molecule is O=P(C1=CC=CCC1)(c1ccccc1)c1ccc(C2=CCCC3=C2c2ccccc2C32c3cc4c5c(cccc5c3C3C=CC=CC32)-c2ccccc2-4)cc1. The summed E-state index contributed by atoms with van der Waals surface area (Å²) in [6, 6.07) is 46.9. The van der Waals surface area contributed by atoms with E-state index in [1.54, 1.807) is 5.57 Å². The molecule has 0 radical (unpaired) electrons. The first-order chi connectivity index (χ1) is 27.2. The summed E-state index contributed by atoms with van der Waals surface area (Å²) in [7, 11) is -2.99. The Kier molecular flexibility index (Phi) is 6.68. The summed E-state index contributed by atoms with van der Waals surface area (Å²) in [5.41, 5.74) is 16.5. The number of allylic oxidation sites excluding steroid dienone is 12. The van der Waals surface area contributed by atoms with Crippen LogP contribution in [-0.2, 0) is 9.98 Å². The molecule has 0 saturated heterocycles. The van der Waals surface area contributed by atoms with Crippen LogP contribution in [0.5, 0.6) is 0 Å². The summed E-state index contributed by atoms with van der Waals surface area (Å²) < 4.78 is 15.3.